The van der Waals surface area contributed by atoms with Gasteiger partial charge in [0.1, 0.15) is 18.2 Å². The fourth-order valence-corrected chi connectivity index (χ4v) is 4.36. The molecule has 0 radical (unpaired) electrons. The summed E-state index contributed by atoms with van der Waals surface area (Å²) in [5.41, 5.74) is 0. The van der Waals surface area contributed by atoms with Crippen LogP contribution in [0.4, 0.5) is 17.6 Å². The van der Waals surface area contributed by atoms with Gasteiger partial charge >= 0.3 is 0 Å². The highest BCUT2D eigenvalue weighted by molar-refractivity contribution is 5.47. The van der Waals surface area contributed by atoms with Gasteiger partial charge in [0.05, 0.1) is 0 Å². The first-order valence-electron chi connectivity index (χ1n) is 10.8. The van der Waals surface area contributed by atoms with Crippen LogP contribution in [-0.2, 0) is 6.61 Å². The number of aromatic nitrogens is 4. The van der Waals surface area contributed by atoms with Crippen LogP contribution in [0.3, 0.4) is 0 Å². The predicted molar refractivity (Wildman–Crippen MR) is 118 cm³/mol. The van der Waals surface area contributed by atoms with Crippen molar-refractivity contribution in [3.8, 4) is 0 Å². The van der Waals surface area contributed by atoms with E-state index in [0.29, 0.717) is 11.9 Å². The maximum absolute atomic E-state index is 9.41. The zero-order chi connectivity index (χ0) is 21.1. The summed E-state index contributed by atoms with van der Waals surface area (Å²) in [6.07, 6.45) is 4.60. The Balaban J connectivity index is 1.52. The number of piperazine rings is 1. The van der Waals surface area contributed by atoms with Crippen molar-refractivity contribution in [1.29, 1.82) is 0 Å². The molecule has 2 aliphatic heterocycles. The van der Waals surface area contributed by atoms with E-state index in [2.05, 4.69) is 55.4 Å². The summed E-state index contributed by atoms with van der Waals surface area (Å²) in [5, 5.41) is 9.41. The molecule has 2 aromatic rings. The van der Waals surface area contributed by atoms with Crippen LogP contribution in [0.1, 0.15) is 26.1 Å². The lowest BCUT2D eigenvalue weighted by molar-refractivity contribution is 0.271. The van der Waals surface area contributed by atoms with Crippen LogP contribution in [0, 0.1) is 0 Å². The van der Waals surface area contributed by atoms with E-state index in [1.54, 1.807) is 6.20 Å². The van der Waals surface area contributed by atoms with E-state index in [1.807, 2.05) is 18.3 Å². The first-order chi connectivity index (χ1) is 14.5. The molecule has 2 fully saturated rings. The molecule has 9 nitrogen and oxygen atoms in total. The minimum atomic E-state index is -0.146. The molecule has 4 heterocycles. The number of aliphatic hydroxyl groups excluding tert-OH is 1. The molecule has 2 unspecified atom stereocenters. The van der Waals surface area contributed by atoms with E-state index in [0.717, 1.165) is 63.3 Å². The molecular weight excluding hydrogens is 380 g/mol. The Morgan fingerprint density at radius 1 is 0.900 bits per heavy atom. The molecule has 2 saturated heterocycles. The second kappa shape index (κ2) is 9.09. The van der Waals surface area contributed by atoms with E-state index in [9.17, 15) is 5.11 Å². The number of hydrogen-bond donors (Lipinski definition) is 1. The van der Waals surface area contributed by atoms with Crippen molar-refractivity contribution in [1.82, 2.24) is 24.8 Å². The van der Waals surface area contributed by atoms with Crippen LogP contribution in [0.5, 0.6) is 0 Å². The van der Waals surface area contributed by atoms with Crippen molar-refractivity contribution in [2.24, 2.45) is 0 Å². The topological polar surface area (TPSA) is 84.8 Å². The molecule has 0 saturated carbocycles. The monoisotopic (exact) mass is 412 g/mol. The summed E-state index contributed by atoms with van der Waals surface area (Å²) < 4.78 is 0. The fourth-order valence-electron chi connectivity index (χ4n) is 4.36. The van der Waals surface area contributed by atoms with Gasteiger partial charge in [-0.05, 0) is 39.4 Å². The summed E-state index contributed by atoms with van der Waals surface area (Å²) in [6, 6.07) is 4.51. The molecule has 30 heavy (non-hydrogen) atoms. The zero-order valence-corrected chi connectivity index (χ0v) is 18.1. The highest BCUT2D eigenvalue weighted by Gasteiger charge is 2.29. The standard InChI is InChI=1S/C21H32N8O/c1-16-6-9-28(14-17(2)29(16)20-5-7-22-18(15-30)24-20)19-4-8-23-21(25-19)27-12-10-26(3)11-13-27/h4-5,7-8,16-17,30H,6,9-15H2,1-3H3. The Hall–Kier alpha value is -2.52. The maximum atomic E-state index is 9.41. The van der Waals surface area contributed by atoms with Crippen molar-refractivity contribution in [2.75, 3.05) is 61.0 Å². The molecule has 2 atom stereocenters. The largest absolute Gasteiger partial charge is 0.388 e. The summed E-state index contributed by atoms with van der Waals surface area (Å²) >= 11 is 0. The van der Waals surface area contributed by atoms with E-state index in [1.165, 1.54) is 0 Å². The number of anilines is 3. The fraction of sp³-hybridized carbons (Fsp3) is 0.619. The quantitative estimate of drug-likeness (QED) is 0.791. The minimum Gasteiger partial charge on any atom is -0.388 e. The van der Waals surface area contributed by atoms with Gasteiger partial charge in [0.15, 0.2) is 5.82 Å². The summed E-state index contributed by atoms with van der Waals surface area (Å²) in [7, 11) is 2.15. The number of hydrogen-bond acceptors (Lipinski definition) is 9. The van der Waals surface area contributed by atoms with Gasteiger partial charge < -0.3 is 24.7 Å². The number of aliphatic hydroxyl groups is 1. The molecule has 2 aromatic heterocycles. The number of likely N-dealkylation sites (N-methyl/N-ethyl adjacent to an activating group) is 1. The lowest BCUT2D eigenvalue weighted by Crippen LogP contribution is -2.45. The summed E-state index contributed by atoms with van der Waals surface area (Å²) in [5.74, 6) is 3.14. The Kier molecular flexibility index (Phi) is 6.29. The molecule has 9 heteroatoms. The third kappa shape index (κ3) is 4.46. The van der Waals surface area contributed by atoms with Crippen LogP contribution in [0.15, 0.2) is 24.5 Å². The molecule has 2 aliphatic rings. The van der Waals surface area contributed by atoms with Gasteiger partial charge in [0, 0.05) is 63.7 Å². The van der Waals surface area contributed by atoms with Crippen molar-refractivity contribution in [3.05, 3.63) is 30.4 Å². The van der Waals surface area contributed by atoms with Crippen molar-refractivity contribution >= 4 is 17.6 Å². The number of rotatable bonds is 4. The van der Waals surface area contributed by atoms with Gasteiger partial charge in [-0.3, -0.25) is 0 Å². The smallest absolute Gasteiger partial charge is 0.227 e. The van der Waals surface area contributed by atoms with Crippen LogP contribution in [0.25, 0.3) is 0 Å². The van der Waals surface area contributed by atoms with Crippen LogP contribution < -0.4 is 14.7 Å². The van der Waals surface area contributed by atoms with E-state index in [4.69, 9.17) is 4.98 Å². The first-order valence-corrected chi connectivity index (χ1v) is 10.8. The van der Waals surface area contributed by atoms with Crippen LogP contribution in [0.2, 0.25) is 0 Å². The molecular formula is C21H32N8O. The van der Waals surface area contributed by atoms with Gasteiger partial charge in [-0.1, -0.05) is 0 Å². The van der Waals surface area contributed by atoms with Gasteiger partial charge in [0.25, 0.3) is 0 Å². The summed E-state index contributed by atoms with van der Waals surface area (Å²) in [4.78, 5) is 27.4. The predicted octanol–water partition coefficient (Wildman–Crippen LogP) is 1.00. The third-order valence-corrected chi connectivity index (χ3v) is 6.09. The molecule has 162 valence electrons. The SMILES string of the molecule is CC1CCN(c2ccnc(N3CCN(C)CC3)n2)CC(C)N1c1ccnc(CO)n1. The zero-order valence-electron chi connectivity index (χ0n) is 18.1. The summed E-state index contributed by atoms with van der Waals surface area (Å²) in [6.45, 7) is 10.1. The second-order valence-electron chi connectivity index (χ2n) is 8.33. The third-order valence-electron chi connectivity index (χ3n) is 6.09. The molecule has 0 spiro atoms. The molecule has 0 aromatic carbocycles. The Morgan fingerprint density at radius 3 is 2.40 bits per heavy atom. The van der Waals surface area contributed by atoms with Gasteiger partial charge in [-0.25, -0.2) is 15.0 Å². The molecule has 1 N–H and O–H groups in total. The van der Waals surface area contributed by atoms with E-state index < -0.39 is 0 Å². The number of nitrogens with zero attached hydrogens (tertiary/aromatic N) is 8. The van der Waals surface area contributed by atoms with E-state index >= 15 is 0 Å². The van der Waals surface area contributed by atoms with Crippen LogP contribution in [-0.4, -0.2) is 88.3 Å². The van der Waals surface area contributed by atoms with Crippen molar-refractivity contribution < 1.29 is 5.11 Å². The first kappa shape index (κ1) is 20.7. The average Bonchev–Trinajstić information content (AvgIpc) is 2.92. The second-order valence-corrected chi connectivity index (χ2v) is 8.33. The molecule has 0 aliphatic carbocycles. The van der Waals surface area contributed by atoms with Gasteiger partial charge in [-0.15, -0.1) is 0 Å². The Bertz CT molecular complexity index is 841. The van der Waals surface area contributed by atoms with Crippen LogP contribution >= 0.6 is 0 Å². The van der Waals surface area contributed by atoms with Crippen molar-refractivity contribution in [2.45, 2.75) is 39.0 Å². The van der Waals surface area contributed by atoms with E-state index in [-0.39, 0.29) is 12.6 Å². The minimum absolute atomic E-state index is 0.146. The Labute approximate surface area is 178 Å². The Morgan fingerprint density at radius 2 is 1.63 bits per heavy atom. The average molecular weight is 413 g/mol. The lowest BCUT2D eigenvalue weighted by Gasteiger charge is -2.34. The normalized spacial score (nSPS) is 23.5. The lowest BCUT2D eigenvalue weighted by atomic mass is 10.1. The molecule has 0 amide bonds. The molecule has 4 rings (SSSR count). The highest BCUT2D eigenvalue weighted by atomic mass is 16.3. The van der Waals surface area contributed by atoms with Gasteiger partial charge in [0.2, 0.25) is 5.95 Å². The molecule has 0 bridgehead atoms. The van der Waals surface area contributed by atoms with Gasteiger partial charge in [-0.2, -0.15) is 4.98 Å². The highest BCUT2D eigenvalue weighted by Crippen LogP contribution is 2.26. The van der Waals surface area contributed by atoms with Crippen molar-refractivity contribution in [3.63, 3.8) is 0 Å². The maximum Gasteiger partial charge on any atom is 0.227 e.